The number of hydrogen-bond donors (Lipinski definition) is 2. The highest BCUT2D eigenvalue weighted by atomic mass is 32.2. The number of hydrogen-bond acceptors (Lipinski definition) is 4. The van der Waals surface area contributed by atoms with Crippen molar-refractivity contribution in [3.8, 4) is 11.5 Å². The van der Waals surface area contributed by atoms with Gasteiger partial charge in [0.05, 0.1) is 12.5 Å². The van der Waals surface area contributed by atoms with Crippen molar-refractivity contribution in [3.05, 3.63) is 23.8 Å². The van der Waals surface area contributed by atoms with Crippen LogP contribution in [0, 0.1) is 0 Å². The van der Waals surface area contributed by atoms with Crippen molar-refractivity contribution in [2.75, 3.05) is 12.9 Å². The summed E-state index contributed by atoms with van der Waals surface area (Å²) in [6.07, 6.45) is 0. The van der Waals surface area contributed by atoms with E-state index >= 15 is 0 Å². The molecule has 2 rings (SSSR count). The van der Waals surface area contributed by atoms with E-state index in [2.05, 4.69) is 12.2 Å². The number of rotatable bonds is 2. The van der Waals surface area contributed by atoms with E-state index in [4.69, 9.17) is 4.74 Å². The van der Waals surface area contributed by atoms with E-state index in [1.807, 2.05) is 23.9 Å². The Morgan fingerprint density at radius 1 is 1.53 bits per heavy atom. The fraction of sp³-hybridized carbons (Fsp3) is 0.455. The van der Waals surface area contributed by atoms with E-state index in [1.165, 1.54) is 0 Å². The average molecular weight is 225 g/mol. The quantitative estimate of drug-likeness (QED) is 0.809. The third kappa shape index (κ3) is 2.21. The number of phenolic OH excluding ortho intramolecular Hbond substituents is 1. The van der Waals surface area contributed by atoms with Crippen LogP contribution in [0.2, 0.25) is 0 Å². The first-order chi connectivity index (χ1) is 7.20. The molecule has 1 aromatic rings. The van der Waals surface area contributed by atoms with Crippen molar-refractivity contribution >= 4 is 11.8 Å². The maximum Gasteiger partial charge on any atom is 0.160 e. The second kappa shape index (κ2) is 4.33. The van der Waals surface area contributed by atoms with Crippen LogP contribution in [0.3, 0.4) is 0 Å². The molecule has 82 valence electrons. The Morgan fingerprint density at radius 2 is 2.33 bits per heavy atom. The summed E-state index contributed by atoms with van der Waals surface area (Å²) < 4.78 is 5.08. The minimum atomic E-state index is 0.192. The zero-order valence-corrected chi connectivity index (χ0v) is 9.67. The Balaban J connectivity index is 2.21. The zero-order chi connectivity index (χ0) is 10.8. The highest BCUT2D eigenvalue weighted by Crippen LogP contribution is 2.36. The molecule has 1 saturated heterocycles. The molecule has 0 saturated carbocycles. The third-order valence-corrected chi connectivity index (χ3v) is 3.89. The molecule has 1 fully saturated rings. The van der Waals surface area contributed by atoms with E-state index in [-0.39, 0.29) is 5.75 Å². The molecule has 0 aromatic heterocycles. The molecule has 0 spiro atoms. The summed E-state index contributed by atoms with van der Waals surface area (Å²) in [5.74, 6) is 1.85. The fourth-order valence-corrected chi connectivity index (χ4v) is 2.89. The minimum Gasteiger partial charge on any atom is -0.504 e. The Hall–Kier alpha value is -0.870. The Kier molecular flexibility index (Phi) is 3.07. The molecule has 1 aliphatic rings. The lowest BCUT2D eigenvalue weighted by atomic mass is 10.2. The molecule has 1 aliphatic heterocycles. The molecule has 2 atom stereocenters. The van der Waals surface area contributed by atoms with Gasteiger partial charge in [-0.15, -0.1) is 11.8 Å². The maximum atomic E-state index is 9.48. The third-order valence-electron chi connectivity index (χ3n) is 2.46. The van der Waals surface area contributed by atoms with E-state index in [0.29, 0.717) is 17.2 Å². The molecule has 4 heteroatoms. The number of nitrogens with one attached hydrogen (secondary N) is 1. The molecule has 0 amide bonds. The molecule has 2 unspecified atom stereocenters. The molecule has 1 aromatic carbocycles. The first kappa shape index (κ1) is 10.6. The summed E-state index contributed by atoms with van der Waals surface area (Å²) in [5.41, 5.74) is 1.15. The van der Waals surface area contributed by atoms with Gasteiger partial charge in [-0.05, 0) is 24.6 Å². The lowest BCUT2D eigenvalue weighted by Gasteiger charge is -2.13. The van der Waals surface area contributed by atoms with Gasteiger partial charge in [-0.2, -0.15) is 0 Å². The topological polar surface area (TPSA) is 41.5 Å². The normalized spacial score (nSPS) is 25.5. The molecule has 0 radical (unpaired) electrons. The summed E-state index contributed by atoms with van der Waals surface area (Å²) >= 11 is 1.88. The van der Waals surface area contributed by atoms with Crippen LogP contribution in [0.4, 0.5) is 0 Å². The van der Waals surface area contributed by atoms with Crippen LogP contribution < -0.4 is 10.1 Å². The van der Waals surface area contributed by atoms with Crippen LogP contribution in [0.15, 0.2) is 18.2 Å². The van der Waals surface area contributed by atoms with Crippen LogP contribution in [0.1, 0.15) is 17.9 Å². The minimum absolute atomic E-state index is 0.192. The van der Waals surface area contributed by atoms with Crippen LogP contribution in [-0.2, 0) is 0 Å². The van der Waals surface area contributed by atoms with Gasteiger partial charge in [-0.1, -0.05) is 6.07 Å². The van der Waals surface area contributed by atoms with Crippen LogP contribution in [-0.4, -0.2) is 24.0 Å². The van der Waals surface area contributed by atoms with Gasteiger partial charge < -0.3 is 9.84 Å². The van der Waals surface area contributed by atoms with Crippen molar-refractivity contribution in [2.24, 2.45) is 0 Å². The highest BCUT2D eigenvalue weighted by Gasteiger charge is 2.22. The Morgan fingerprint density at radius 3 is 2.93 bits per heavy atom. The van der Waals surface area contributed by atoms with E-state index in [1.54, 1.807) is 13.2 Å². The smallest absolute Gasteiger partial charge is 0.160 e. The molecule has 15 heavy (non-hydrogen) atoms. The van der Waals surface area contributed by atoms with Gasteiger partial charge in [0.25, 0.3) is 0 Å². The van der Waals surface area contributed by atoms with Crippen molar-refractivity contribution in [1.82, 2.24) is 5.32 Å². The lowest BCUT2D eigenvalue weighted by molar-refractivity contribution is 0.372. The Bertz CT molecular complexity index is 356. The van der Waals surface area contributed by atoms with Gasteiger partial charge in [-0.3, -0.25) is 5.32 Å². The molecule has 0 aliphatic carbocycles. The van der Waals surface area contributed by atoms with Crippen molar-refractivity contribution in [3.63, 3.8) is 0 Å². The first-order valence-corrected chi connectivity index (χ1v) is 6.00. The number of methoxy groups -OCH3 is 1. The monoisotopic (exact) mass is 225 g/mol. The van der Waals surface area contributed by atoms with E-state index < -0.39 is 0 Å². The zero-order valence-electron chi connectivity index (χ0n) is 8.86. The Labute approximate surface area is 93.8 Å². The predicted molar refractivity (Wildman–Crippen MR) is 62.5 cm³/mol. The predicted octanol–water partition coefficient (Wildman–Crippen LogP) is 2.12. The van der Waals surface area contributed by atoms with Gasteiger partial charge in [0.2, 0.25) is 0 Å². The fourth-order valence-electron chi connectivity index (χ4n) is 1.64. The first-order valence-electron chi connectivity index (χ1n) is 4.95. The molecule has 1 heterocycles. The molecule has 2 N–H and O–H groups in total. The standard InChI is InChI=1S/C11H15NO2S/c1-7-6-15-11(12-7)8-3-4-9(13)10(5-8)14-2/h3-5,7,11-13H,6H2,1-2H3. The second-order valence-corrected chi connectivity index (χ2v) is 4.85. The number of ether oxygens (including phenoxy) is 1. The molecule has 0 bridgehead atoms. The van der Waals surface area contributed by atoms with Crippen molar-refractivity contribution in [2.45, 2.75) is 18.3 Å². The number of benzene rings is 1. The average Bonchev–Trinajstić information content (AvgIpc) is 2.66. The van der Waals surface area contributed by atoms with Crippen LogP contribution in [0.25, 0.3) is 0 Å². The summed E-state index contributed by atoms with van der Waals surface area (Å²) in [4.78, 5) is 0. The van der Waals surface area contributed by atoms with E-state index in [0.717, 1.165) is 11.3 Å². The van der Waals surface area contributed by atoms with Crippen LogP contribution >= 0.6 is 11.8 Å². The summed E-state index contributed by atoms with van der Waals surface area (Å²) in [5, 5.41) is 13.3. The van der Waals surface area contributed by atoms with Gasteiger partial charge in [0, 0.05) is 11.8 Å². The van der Waals surface area contributed by atoms with Crippen LogP contribution in [0.5, 0.6) is 11.5 Å². The summed E-state index contributed by atoms with van der Waals surface area (Å²) in [7, 11) is 1.57. The van der Waals surface area contributed by atoms with Gasteiger partial charge in [0.1, 0.15) is 0 Å². The summed E-state index contributed by atoms with van der Waals surface area (Å²) in [6.45, 7) is 2.17. The number of aromatic hydroxyl groups is 1. The van der Waals surface area contributed by atoms with Crippen molar-refractivity contribution < 1.29 is 9.84 Å². The summed E-state index contributed by atoms with van der Waals surface area (Å²) in [6, 6.07) is 6.04. The lowest BCUT2D eigenvalue weighted by Crippen LogP contribution is -2.21. The second-order valence-electron chi connectivity index (χ2n) is 3.71. The maximum absolute atomic E-state index is 9.48. The molecular formula is C11H15NO2S. The SMILES string of the molecule is COc1cc(C2NC(C)CS2)ccc1O. The number of phenols is 1. The molecule has 3 nitrogen and oxygen atoms in total. The highest BCUT2D eigenvalue weighted by molar-refractivity contribution is 7.99. The van der Waals surface area contributed by atoms with Crippen molar-refractivity contribution in [1.29, 1.82) is 0 Å². The van der Waals surface area contributed by atoms with Gasteiger partial charge in [0.15, 0.2) is 11.5 Å². The largest absolute Gasteiger partial charge is 0.504 e. The van der Waals surface area contributed by atoms with E-state index in [9.17, 15) is 5.11 Å². The molecular weight excluding hydrogens is 210 g/mol. The van der Waals surface area contributed by atoms with Gasteiger partial charge in [-0.25, -0.2) is 0 Å². The number of thioether (sulfide) groups is 1. The van der Waals surface area contributed by atoms with Gasteiger partial charge >= 0.3 is 0 Å².